The third-order valence-corrected chi connectivity index (χ3v) is 3.02. The second kappa shape index (κ2) is 12.0. The minimum atomic E-state index is -4.45. The lowest BCUT2D eigenvalue weighted by Crippen LogP contribution is -2.07. The first-order valence-corrected chi connectivity index (χ1v) is 8.62. The molecule has 0 amide bonds. The summed E-state index contributed by atoms with van der Waals surface area (Å²) in [5.41, 5.74) is 0.444. The van der Waals surface area contributed by atoms with Crippen LogP contribution in [0.5, 0.6) is 0 Å². The van der Waals surface area contributed by atoms with Gasteiger partial charge in [0, 0.05) is 12.1 Å². The van der Waals surface area contributed by atoms with Crippen LogP contribution in [0.15, 0.2) is 28.0 Å². The first-order chi connectivity index (χ1) is 12.7. The molecular weight excluding hydrogens is 361 g/mol. The van der Waals surface area contributed by atoms with Crippen LogP contribution < -0.4 is 0 Å². The van der Waals surface area contributed by atoms with E-state index in [9.17, 15) is 13.2 Å². The van der Waals surface area contributed by atoms with Crippen molar-refractivity contribution in [3.63, 3.8) is 0 Å². The molecule has 2 heterocycles. The van der Waals surface area contributed by atoms with Gasteiger partial charge in [0.2, 0.25) is 0 Å². The summed E-state index contributed by atoms with van der Waals surface area (Å²) in [4.78, 5) is 11.9. The highest BCUT2D eigenvalue weighted by Gasteiger charge is 2.32. The van der Waals surface area contributed by atoms with Crippen molar-refractivity contribution in [2.24, 2.45) is 5.16 Å². The second-order valence-electron chi connectivity index (χ2n) is 5.40. The van der Waals surface area contributed by atoms with Gasteiger partial charge >= 0.3 is 6.18 Å². The van der Waals surface area contributed by atoms with Gasteiger partial charge in [-0.25, -0.2) is 0 Å². The molecule has 0 saturated heterocycles. The summed E-state index contributed by atoms with van der Waals surface area (Å²) >= 11 is 0. The summed E-state index contributed by atoms with van der Waals surface area (Å²) in [6.45, 7) is 11.8. The highest BCUT2D eigenvalue weighted by molar-refractivity contribution is 5.80. The molecule has 9 heteroatoms. The Kier molecular flexibility index (Phi) is 10.9. The minimum absolute atomic E-state index is 0.0879. The SMILES string of the molecule is CC.CC(C)c1noc(-c2ccc(C(F)(F)F)nc2)n1.CC/C(C)=N/OC. The molecule has 0 fully saturated rings. The predicted molar refractivity (Wildman–Crippen MR) is 98.4 cm³/mol. The lowest BCUT2D eigenvalue weighted by atomic mass is 10.2. The molecule has 0 bridgehead atoms. The molecule has 0 aliphatic carbocycles. The summed E-state index contributed by atoms with van der Waals surface area (Å²) < 4.78 is 41.9. The Hall–Kier alpha value is -2.45. The van der Waals surface area contributed by atoms with Crippen LogP contribution in [-0.4, -0.2) is 27.9 Å². The van der Waals surface area contributed by atoms with Crippen LogP contribution in [0.1, 0.15) is 65.4 Å². The molecule has 152 valence electrons. The Morgan fingerprint density at radius 3 is 2.22 bits per heavy atom. The zero-order valence-electron chi connectivity index (χ0n) is 16.8. The number of halogens is 3. The van der Waals surface area contributed by atoms with Crippen molar-refractivity contribution in [2.75, 3.05) is 7.11 Å². The fourth-order valence-corrected chi connectivity index (χ4v) is 1.50. The Bertz CT molecular complexity index is 681. The van der Waals surface area contributed by atoms with Crippen LogP contribution in [-0.2, 0) is 11.0 Å². The molecule has 0 unspecified atom stereocenters. The fraction of sp³-hybridized carbons (Fsp3) is 0.556. The Morgan fingerprint density at radius 2 is 1.89 bits per heavy atom. The minimum Gasteiger partial charge on any atom is -0.399 e. The van der Waals surface area contributed by atoms with E-state index < -0.39 is 11.9 Å². The van der Waals surface area contributed by atoms with Gasteiger partial charge in [-0.15, -0.1) is 0 Å². The number of rotatable bonds is 4. The molecule has 0 spiro atoms. The van der Waals surface area contributed by atoms with Gasteiger partial charge in [-0.05, 0) is 25.5 Å². The van der Waals surface area contributed by atoms with Crippen molar-refractivity contribution >= 4 is 5.71 Å². The van der Waals surface area contributed by atoms with E-state index in [1.54, 1.807) is 7.11 Å². The summed E-state index contributed by atoms with van der Waals surface area (Å²) in [6, 6.07) is 2.14. The number of alkyl halides is 3. The van der Waals surface area contributed by atoms with Gasteiger partial charge in [0.15, 0.2) is 5.82 Å². The molecule has 0 aliphatic heterocycles. The standard InChI is InChI=1S/C11H10F3N3O.C5H11NO.C2H6/c1-6(2)9-16-10(18-17-9)7-3-4-8(15-5-7)11(12,13)14;1-4-5(2)6-7-3;1-2/h3-6H,1-2H3;4H2,1-3H3;1-2H3/b;6-5+;. The van der Waals surface area contributed by atoms with Crippen molar-refractivity contribution < 1.29 is 22.5 Å². The average molecular weight is 388 g/mol. The summed E-state index contributed by atoms with van der Waals surface area (Å²) in [7, 11) is 1.55. The topological polar surface area (TPSA) is 73.4 Å². The van der Waals surface area contributed by atoms with E-state index in [1.807, 2.05) is 41.5 Å². The maximum atomic E-state index is 12.3. The van der Waals surface area contributed by atoms with Crippen molar-refractivity contribution in [3.05, 3.63) is 29.8 Å². The monoisotopic (exact) mass is 388 g/mol. The van der Waals surface area contributed by atoms with Crippen LogP contribution in [0.2, 0.25) is 0 Å². The summed E-state index contributed by atoms with van der Waals surface area (Å²) in [5, 5.41) is 7.39. The first kappa shape index (κ1) is 24.6. The molecule has 0 radical (unpaired) electrons. The van der Waals surface area contributed by atoms with E-state index in [0.717, 1.165) is 24.4 Å². The van der Waals surface area contributed by atoms with Crippen molar-refractivity contribution in [1.29, 1.82) is 0 Å². The van der Waals surface area contributed by atoms with E-state index in [2.05, 4.69) is 25.1 Å². The van der Waals surface area contributed by atoms with E-state index in [1.165, 1.54) is 6.07 Å². The highest BCUT2D eigenvalue weighted by Crippen LogP contribution is 2.28. The molecular formula is C18H27F3N4O2. The molecule has 0 atom stereocenters. The average Bonchev–Trinajstić information content (AvgIpc) is 3.14. The molecule has 0 saturated carbocycles. The number of hydrogen-bond acceptors (Lipinski definition) is 6. The quantitative estimate of drug-likeness (QED) is 0.495. The zero-order chi connectivity index (χ0) is 21.0. The largest absolute Gasteiger partial charge is 0.433 e. The maximum absolute atomic E-state index is 12.3. The molecule has 6 nitrogen and oxygen atoms in total. The van der Waals surface area contributed by atoms with Gasteiger partial charge < -0.3 is 9.36 Å². The van der Waals surface area contributed by atoms with Crippen LogP contribution >= 0.6 is 0 Å². The number of hydrogen-bond donors (Lipinski definition) is 0. The van der Waals surface area contributed by atoms with Gasteiger partial charge in [-0.3, -0.25) is 4.98 Å². The van der Waals surface area contributed by atoms with E-state index in [4.69, 9.17) is 4.52 Å². The fourth-order valence-electron chi connectivity index (χ4n) is 1.50. The Balaban J connectivity index is 0.000000637. The first-order valence-electron chi connectivity index (χ1n) is 8.62. The molecule has 27 heavy (non-hydrogen) atoms. The number of nitrogens with zero attached hydrogens (tertiary/aromatic N) is 4. The Labute approximate surface area is 157 Å². The van der Waals surface area contributed by atoms with Gasteiger partial charge in [0.1, 0.15) is 12.8 Å². The number of oxime groups is 1. The smallest absolute Gasteiger partial charge is 0.399 e. The Morgan fingerprint density at radius 1 is 1.26 bits per heavy atom. The van der Waals surface area contributed by atoms with Crippen LogP contribution in [0.25, 0.3) is 11.5 Å². The molecule has 2 aromatic rings. The van der Waals surface area contributed by atoms with E-state index in [0.29, 0.717) is 11.4 Å². The molecule has 0 aromatic carbocycles. The third kappa shape index (κ3) is 8.65. The lowest BCUT2D eigenvalue weighted by Gasteiger charge is -2.04. The molecule has 2 aromatic heterocycles. The predicted octanol–water partition coefficient (Wildman–Crippen LogP) is 5.72. The molecule has 0 N–H and O–H groups in total. The van der Waals surface area contributed by atoms with Crippen molar-refractivity contribution in [2.45, 2.75) is 60.1 Å². The molecule has 0 aliphatic rings. The zero-order valence-corrected chi connectivity index (χ0v) is 16.8. The van der Waals surface area contributed by atoms with Gasteiger partial charge in [-0.2, -0.15) is 18.2 Å². The number of aromatic nitrogens is 3. The lowest BCUT2D eigenvalue weighted by molar-refractivity contribution is -0.141. The van der Waals surface area contributed by atoms with Crippen LogP contribution in [0, 0.1) is 0 Å². The summed E-state index contributed by atoms with van der Waals surface area (Å²) in [6.07, 6.45) is -2.41. The van der Waals surface area contributed by atoms with Gasteiger partial charge in [0.25, 0.3) is 5.89 Å². The second-order valence-corrected chi connectivity index (χ2v) is 5.40. The third-order valence-electron chi connectivity index (χ3n) is 3.02. The van der Waals surface area contributed by atoms with Gasteiger partial charge in [-0.1, -0.05) is 44.9 Å². The normalized spacial score (nSPS) is 11.3. The number of pyridine rings is 1. The summed E-state index contributed by atoms with van der Waals surface area (Å²) in [5.74, 6) is 0.759. The highest BCUT2D eigenvalue weighted by atomic mass is 19.4. The maximum Gasteiger partial charge on any atom is 0.433 e. The van der Waals surface area contributed by atoms with E-state index >= 15 is 0 Å². The van der Waals surface area contributed by atoms with Crippen molar-refractivity contribution in [1.82, 2.24) is 15.1 Å². The van der Waals surface area contributed by atoms with E-state index in [-0.39, 0.29) is 11.8 Å². The molecule has 2 rings (SSSR count). The van der Waals surface area contributed by atoms with Crippen LogP contribution in [0.4, 0.5) is 13.2 Å². The van der Waals surface area contributed by atoms with Gasteiger partial charge in [0.05, 0.1) is 11.3 Å². The van der Waals surface area contributed by atoms with Crippen LogP contribution in [0.3, 0.4) is 0 Å². The van der Waals surface area contributed by atoms with Crippen molar-refractivity contribution in [3.8, 4) is 11.5 Å².